The zero-order valence-electron chi connectivity index (χ0n) is 10.3. The van der Waals surface area contributed by atoms with Crippen molar-refractivity contribution in [2.45, 2.75) is 13.0 Å². The van der Waals surface area contributed by atoms with E-state index in [1.807, 2.05) is 17.8 Å². The second-order valence-corrected chi connectivity index (χ2v) is 5.08. The lowest BCUT2D eigenvalue weighted by molar-refractivity contribution is 0.0696. The van der Waals surface area contributed by atoms with Crippen molar-refractivity contribution in [2.75, 3.05) is 25.6 Å². The maximum atomic E-state index is 10.8. The maximum Gasteiger partial charge on any atom is 0.335 e. The van der Waals surface area contributed by atoms with Gasteiger partial charge >= 0.3 is 5.97 Å². The molecule has 3 nitrogen and oxygen atoms in total. The molecule has 1 rings (SSSR count). The Hall–Kier alpha value is -1.00. The van der Waals surface area contributed by atoms with Crippen molar-refractivity contribution in [3.05, 3.63) is 35.4 Å². The largest absolute Gasteiger partial charge is 0.478 e. The minimum Gasteiger partial charge on any atom is -0.478 e. The van der Waals surface area contributed by atoms with E-state index in [0.29, 0.717) is 5.56 Å². The Kier molecular flexibility index (Phi) is 6.08. The van der Waals surface area contributed by atoms with Gasteiger partial charge in [-0.1, -0.05) is 12.1 Å². The first-order chi connectivity index (χ1) is 8.13. The van der Waals surface area contributed by atoms with Crippen LogP contribution in [-0.2, 0) is 6.54 Å². The molecular weight excluding hydrogens is 234 g/mol. The molecule has 17 heavy (non-hydrogen) atoms. The van der Waals surface area contributed by atoms with Crippen molar-refractivity contribution in [3.63, 3.8) is 0 Å². The highest BCUT2D eigenvalue weighted by atomic mass is 32.2. The number of carbonyl (C=O) groups is 1. The number of carboxylic acids is 1. The van der Waals surface area contributed by atoms with Crippen molar-refractivity contribution in [2.24, 2.45) is 0 Å². The van der Waals surface area contributed by atoms with E-state index in [0.717, 1.165) is 25.1 Å². The number of rotatable bonds is 7. The van der Waals surface area contributed by atoms with E-state index < -0.39 is 5.97 Å². The predicted molar refractivity (Wildman–Crippen MR) is 72.7 cm³/mol. The molecule has 94 valence electrons. The van der Waals surface area contributed by atoms with Crippen LogP contribution in [0, 0.1) is 0 Å². The van der Waals surface area contributed by atoms with E-state index in [2.05, 4.69) is 18.2 Å². The number of hydrogen-bond acceptors (Lipinski definition) is 3. The number of nitrogens with zero attached hydrogens (tertiary/aromatic N) is 1. The maximum absolute atomic E-state index is 10.8. The van der Waals surface area contributed by atoms with Gasteiger partial charge in [-0.3, -0.25) is 0 Å². The van der Waals surface area contributed by atoms with E-state index >= 15 is 0 Å². The average molecular weight is 253 g/mol. The fourth-order valence-electron chi connectivity index (χ4n) is 1.67. The van der Waals surface area contributed by atoms with Gasteiger partial charge in [0.25, 0.3) is 0 Å². The molecule has 1 aromatic rings. The predicted octanol–water partition coefficient (Wildman–Crippen LogP) is 2.57. The Morgan fingerprint density at radius 1 is 1.47 bits per heavy atom. The van der Waals surface area contributed by atoms with Gasteiger partial charge in [0.15, 0.2) is 0 Å². The highest BCUT2D eigenvalue weighted by Gasteiger charge is 2.05. The molecule has 0 atom stereocenters. The zero-order valence-corrected chi connectivity index (χ0v) is 11.2. The number of hydrogen-bond donors (Lipinski definition) is 1. The molecule has 0 aromatic heterocycles. The Morgan fingerprint density at radius 3 is 2.88 bits per heavy atom. The van der Waals surface area contributed by atoms with Gasteiger partial charge in [0.2, 0.25) is 0 Å². The fraction of sp³-hybridized carbons (Fsp3) is 0.462. The SMILES string of the molecule is CSCCCN(C)Cc1cccc(C(=O)O)c1. The molecule has 0 aliphatic heterocycles. The molecule has 0 amide bonds. The summed E-state index contributed by atoms with van der Waals surface area (Å²) >= 11 is 1.85. The molecule has 0 aliphatic rings. The summed E-state index contributed by atoms with van der Waals surface area (Å²) in [6.45, 7) is 1.84. The molecule has 0 bridgehead atoms. The average Bonchev–Trinajstić information content (AvgIpc) is 2.29. The quantitative estimate of drug-likeness (QED) is 0.758. The highest BCUT2D eigenvalue weighted by Crippen LogP contribution is 2.08. The van der Waals surface area contributed by atoms with Crippen LogP contribution in [0.1, 0.15) is 22.3 Å². The minimum absolute atomic E-state index is 0.361. The van der Waals surface area contributed by atoms with E-state index in [1.54, 1.807) is 18.2 Å². The van der Waals surface area contributed by atoms with Crippen molar-refractivity contribution in [1.29, 1.82) is 0 Å². The smallest absolute Gasteiger partial charge is 0.335 e. The third-order valence-electron chi connectivity index (χ3n) is 2.51. The van der Waals surface area contributed by atoms with Gasteiger partial charge in [-0.15, -0.1) is 0 Å². The van der Waals surface area contributed by atoms with Crippen LogP contribution < -0.4 is 0 Å². The van der Waals surface area contributed by atoms with E-state index in [9.17, 15) is 4.79 Å². The fourth-order valence-corrected chi connectivity index (χ4v) is 2.09. The van der Waals surface area contributed by atoms with Crippen molar-refractivity contribution < 1.29 is 9.90 Å². The lowest BCUT2D eigenvalue weighted by Crippen LogP contribution is -2.19. The van der Waals surface area contributed by atoms with Gasteiger partial charge in [-0.05, 0) is 49.7 Å². The molecule has 0 saturated heterocycles. The first-order valence-electron chi connectivity index (χ1n) is 5.63. The van der Waals surface area contributed by atoms with Gasteiger partial charge < -0.3 is 10.0 Å². The Morgan fingerprint density at radius 2 is 2.24 bits per heavy atom. The first-order valence-corrected chi connectivity index (χ1v) is 7.02. The van der Waals surface area contributed by atoms with Gasteiger partial charge in [0.1, 0.15) is 0 Å². The van der Waals surface area contributed by atoms with E-state index in [4.69, 9.17) is 5.11 Å². The Bertz CT molecular complexity index is 368. The third kappa shape index (κ3) is 5.24. The van der Waals surface area contributed by atoms with Crippen LogP contribution in [0.5, 0.6) is 0 Å². The lowest BCUT2D eigenvalue weighted by atomic mass is 10.1. The number of thioether (sulfide) groups is 1. The summed E-state index contributed by atoms with van der Waals surface area (Å²) in [6, 6.07) is 7.14. The van der Waals surface area contributed by atoms with Crippen LogP contribution in [0.3, 0.4) is 0 Å². The Balaban J connectivity index is 2.50. The summed E-state index contributed by atoms with van der Waals surface area (Å²) in [5.41, 5.74) is 1.41. The van der Waals surface area contributed by atoms with E-state index in [1.165, 1.54) is 5.75 Å². The van der Waals surface area contributed by atoms with Crippen LogP contribution in [-0.4, -0.2) is 41.6 Å². The summed E-state index contributed by atoms with van der Waals surface area (Å²) in [6.07, 6.45) is 3.27. The van der Waals surface area contributed by atoms with Crippen molar-refractivity contribution >= 4 is 17.7 Å². The molecule has 1 aromatic carbocycles. The molecule has 0 spiro atoms. The van der Waals surface area contributed by atoms with Crippen LogP contribution in [0.2, 0.25) is 0 Å². The van der Waals surface area contributed by atoms with Crippen LogP contribution in [0.15, 0.2) is 24.3 Å². The summed E-state index contributed by atoms with van der Waals surface area (Å²) in [5, 5.41) is 8.90. The lowest BCUT2D eigenvalue weighted by Gasteiger charge is -2.16. The molecule has 0 unspecified atom stereocenters. The molecule has 0 radical (unpaired) electrons. The number of carboxylic acid groups (broad SMARTS) is 1. The minimum atomic E-state index is -0.864. The highest BCUT2D eigenvalue weighted by molar-refractivity contribution is 7.98. The molecule has 1 N–H and O–H groups in total. The summed E-state index contributed by atoms with van der Waals surface area (Å²) in [7, 11) is 2.06. The van der Waals surface area contributed by atoms with Gasteiger partial charge in [-0.2, -0.15) is 11.8 Å². The summed E-state index contributed by atoms with van der Waals surface area (Å²) < 4.78 is 0. The summed E-state index contributed by atoms with van der Waals surface area (Å²) in [4.78, 5) is 13.1. The van der Waals surface area contributed by atoms with Gasteiger partial charge in [0.05, 0.1) is 5.56 Å². The van der Waals surface area contributed by atoms with E-state index in [-0.39, 0.29) is 0 Å². The Labute approximate surface area is 107 Å². The summed E-state index contributed by atoms with van der Waals surface area (Å²) in [5.74, 6) is 0.302. The second kappa shape index (κ2) is 7.35. The molecule has 0 saturated carbocycles. The van der Waals surface area contributed by atoms with Gasteiger partial charge in [0, 0.05) is 6.54 Å². The molecule has 0 aliphatic carbocycles. The zero-order chi connectivity index (χ0) is 12.7. The van der Waals surface area contributed by atoms with Crippen LogP contribution in [0.25, 0.3) is 0 Å². The van der Waals surface area contributed by atoms with Crippen LogP contribution in [0.4, 0.5) is 0 Å². The topological polar surface area (TPSA) is 40.5 Å². The monoisotopic (exact) mass is 253 g/mol. The molecule has 0 heterocycles. The van der Waals surface area contributed by atoms with Crippen LogP contribution >= 0.6 is 11.8 Å². The molecule has 4 heteroatoms. The molecule has 0 fully saturated rings. The second-order valence-electron chi connectivity index (χ2n) is 4.09. The third-order valence-corrected chi connectivity index (χ3v) is 3.21. The van der Waals surface area contributed by atoms with Gasteiger partial charge in [-0.25, -0.2) is 4.79 Å². The standard InChI is InChI=1S/C13H19NO2S/c1-14(7-4-8-17-2)10-11-5-3-6-12(9-11)13(15)16/h3,5-6,9H,4,7-8,10H2,1-2H3,(H,15,16). The number of aromatic carboxylic acids is 1. The van der Waals surface area contributed by atoms with Crippen molar-refractivity contribution in [3.8, 4) is 0 Å². The first kappa shape index (κ1) is 14.1. The normalized spacial score (nSPS) is 10.8. The van der Waals surface area contributed by atoms with Crippen molar-refractivity contribution in [1.82, 2.24) is 4.90 Å². The molecular formula is C13H19NO2S. The number of benzene rings is 1.